The normalized spacial score (nSPS) is 13.2. The van der Waals surface area contributed by atoms with Gasteiger partial charge in [-0.2, -0.15) is 4.31 Å². The molecule has 9 heteroatoms. The molecule has 1 aliphatic carbocycles. The maximum atomic E-state index is 15.1. The van der Waals surface area contributed by atoms with E-state index in [4.69, 9.17) is 9.15 Å². The molecule has 0 saturated carbocycles. The Morgan fingerprint density at radius 2 is 1.60 bits per heavy atom. The average molecular weight is 600 g/mol. The Hall–Kier alpha value is -4.60. The fourth-order valence-electron chi connectivity index (χ4n) is 5.56. The summed E-state index contributed by atoms with van der Waals surface area (Å²) in [5.74, 6) is 0.0481. The van der Waals surface area contributed by atoms with Gasteiger partial charge in [0, 0.05) is 5.56 Å². The van der Waals surface area contributed by atoms with E-state index in [1.807, 2.05) is 24.3 Å². The van der Waals surface area contributed by atoms with Crippen LogP contribution in [0.3, 0.4) is 0 Å². The number of aromatic hydroxyl groups is 1. The van der Waals surface area contributed by atoms with Crippen LogP contribution in [-0.4, -0.2) is 42.1 Å². The lowest BCUT2D eigenvalue weighted by molar-refractivity contribution is -0.142. The quantitative estimate of drug-likeness (QED) is 0.188. The molecule has 43 heavy (non-hydrogen) atoms. The van der Waals surface area contributed by atoms with Crippen molar-refractivity contribution in [3.8, 4) is 22.8 Å². The van der Waals surface area contributed by atoms with Crippen LogP contribution in [-0.2, 0) is 21.2 Å². The molecule has 0 fully saturated rings. The van der Waals surface area contributed by atoms with E-state index in [0.717, 1.165) is 9.87 Å². The SMILES string of the molecule is COc1cc(C)c(S(=O)(=O)N(C(c2ccccc2)c2ccc3cccc-3o2)[C@@H](Cc2ccc(O)cc2)C(=O)O)c(C)c1C. The molecule has 222 valence electrons. The minimum Gasteiger partial charge on any atom is -0.508 e. The first-order valence-corrected chi connectivity index (χ1v) is 15.2. The van der Waals surface area contributed by atoms with Crippen molar-refractivity contribution in [2.24, 2.45) is 0 Å². The van der Waals surface area contributed by atoms with Crippen molar-refractivity contribution in [3.63, 3.8) is 0 Å². The number of aryl methyl sites for hydroxylation is 1. The van der Waals surface area contributed by atoms with Gasteiger partial charge in [0.15, 0.2) is 0 Å². The molecule has 1 unspecified atom stereocenters. The second kappa shape index (κ2) is 11.9. The van der Waals surface area contributed by atoms with Crippen LogP contribution in [0.2, 0.25) is 0 Å². The Kier molecular flexibility index (Phi) is 8.30. The third-order valence-corrected chi connectivity index (χ3v) is 9.96. The van der Waals surface area contributed by atoms with Gasteiger partial charge in [-0.1, -0.05) is 54.6 Å². The first kappa shape index (κ1) is 29.9. The van der Waals surface area contributed by atoms with Crippen LogP contribution >= 0.6 is 0 Å². The number of aliphatic carboxylic acids is 1. The predicted molar refractivity (Wildman–Crippen MR) is 163 cm³/mol. The van der Waals surface area contributed by atoms with Gasteiger partial charge in [-0.15, -0.1) is 0 Å². The zero-order valence-electron chi connectivity index (χ0n) is 24.3. The Morgan fingerprint density at radius 1 is 0.907 bits per heavy atom. The molecule has 2 aliphatic rings. The molecule has 2 N–H and O–H groups in total. The molecule has 0 aromatic heterocycles. The Bertz CT molecular complexity index is 1830. The van der Waals surface area contributed by atoms with Gasteiger partial charge in [-0.05, 0) is 91.4 Å². The van der Waals surface area contributed by atoms with Crippen LogP contribution in [0.4, 0.5) is 0 Å². The summed E-state index contributed by atoms with van der Waals surface area (Å²) in [5.41, 5.74) is 3.44. The topological polar surface area (TPSA) is 117 Å². The van der Waals surface area contributed by atoms with E-state index in [2.05, 4.69) is 0 Å². The number of phenolic OH excluding ortho intramolecular Hbond substituents is 1. The molecule has 8 nitrogen and oxygen atoms in total. The summed E-state index contributed by atoms with van der Waals surface area (Å²) >= 11 is 0. The number of phenols is 1. The molecule has 1 aliphatic heterocycles. The van der Waals surface area contributed by atoms with Crippen LogP contribution in [0, 0.1) is 20.8 Å². The van der Waals surface area contributed by atoms with E-state index in [1.165, 1.54) is 19.2 Å². The molecule has 5 rings (SSSR count). The summed E-state index contributed by atoms with van der Waals surface area (Å²) < 4.78 is 43.0. The van der Waals surface area contributed by atoms with E-state index in [1.54, 1.807) is 75.4 Å². The van der Waals surface area contributed by atoms with Crippen molar-refractivity contribution in [2.45, 2.75) is 44.2 Å². The van der Waals surface area contributed by atoms with Gasteiger partial charge < -0.3 is 19.4 Å². The number of methoxy groups -OCH3 is 1. The van der Waals surface area contributed by atoms with Crippen molar-refractivity contribution in [3.05, 3.63) is 125 Å². The summed E-state index contributed by atoms with van der Waals surface area (Å²) in [4.78, 5) is 13.2. The first-order valence-electron chi connectivity index (χ1n) is 13.8. The van der Waals surface area contributed by atoms with Gasteiger partial charge in [-0.3, -0.25) is 4.79 Å². The lowest BCUT2D eigenvalue weighted by atomic mass is 9.99. The molecule has 0 radical (unpaired) electrons. The number of ether oxygens (including phenoxy) is 1. The highest BCUT2D eigenvalue weighted by Gasteiger charge is 2.45. The van der Waals surface area contributed by atoms with Crippen molar-refractivity contribution in [1.82, 2.24) is 4.31 Å². The summed E-state index contributed by atoms with van der Waals surface area (Å²) in [7, 11) is -3.01. The lowest BCUT2D eigenvalue weighted by Gasteiger charge is -2.36. The van der Waals surface area contributed by atoms with Gasteiger partial charge in [0.05, 0.1) is 12.0 Å². The van der Waals surface area contributed by atoms with E-state index < -0.39 is 28.1 Å². The van der Waals surface area contributed by atoms with Crippen LogP contribution in [0.5, 0.6) is 11.5 Å². The summed E-state index contributed by atoms with van der Waals surface area (Å²) in [6.45, 7) is 5.15. The van der Waals surface area contributed by atoms with Gasteiger partial charge in [0.25, 0.3) is 0 Å². The first-order chi connectivity index (χ1) is 20.5. The highest BCUT2D eigenvalue weighted by Crippen LogP contribution is 2.41. The van der Waals surface area contributed by atoms with Crippen LogP contribution < -0.4 is 4.74 Å². The Labute approximate surface area is 251 Å². The number of carbonyl (C=O) groups is 1. The molecule has 0 saturated heterocycles. The predicted octanol–water partition coefficient (Wildman–Crippen LogP) is 6.50. The van der Waals surface area contributed by atoms with Crippen LogP contribution in [0.25, 0.3) is 11.3 Å². The molecular weight excluding hydrogens is 566 g/mol. The van der Waals surface area contributed by atoms with E-state index in [-0.39, 0.29) is 22.8 Å². The standard InChI is InChI=1S/C34H33NO7S/c1-21-19-31(41-4)22(2)23(3)33(21)43(39,40)35(28(34(37)38)20-24-13-16-27(36)17-14-24)32(26-9-6-5-7-10-26)30-18-15-25-11-8-12-29(25)42-30/h5-19,28,32,36H,20H2,1-4H3,(H,37,38)/t28-,32?/m0/s1. The van der Waals surface area contributed by atoms with Crippen molar-refractivity contribution >= 4 is 16.0 Å². The van der Waals surface area contributed by atoms with Gasteiger partial charge in [0.2, 0.25) is 10.0 Å². The summed E-state index contributed by atoms with van der Waals surface area (Å²) in [6.07, 6.45) is -0.163. The number of hydrogen-bond donors (Lipinski definition) is 2. The monoisotopic (exact) mass is 599 g/mol. The molecule has 0 spiro atoms. The lowest BCUT2D eigenvalue weighted by Crippen LogP contribution is -2.49. The number of sulfonamides is 1. The molecule has 3 aromatic carbocycles. The number of hydrogen-bond acceptors (Lipinski definition) is 6. The molecule has 2 atom stereocenters. The number of benzene rings is 3. The molecule has 0 bridgehead atoms. The minimum absolute atomic E-state index is 0.0121. The second-order valence-corrected chi connectivity index (χ2v) is 12.3. The highest BCUT2D eigenvalue weighted by molar-refractivity contribution is 7.89. The maximum Gasteiger partial charge on any atom is 0.322 e. The number of carboxylic acids is 1. The van der Waals surface area contributed by atoms with Gasteiger partial charge in [-0.25, -0.2) is 8.42 Å². The van der Waals surface area contributed by atoms with Crippen molar-refractivity contribution < 1.29 is 32.6 Å². The Morgan fingerprint density at radius 3 is 2.26 bits per heavy atom. The van der Waals surface area contributed by atoms with Gasteiger partial charge >= 0.3 is 5.97 Å². The Balaban J connectivity index is 1.82. The number of carboxylic acid groups (broad SMARTS) is 1. The van der Waals surface area contributed by atoms with Crippen LogP contribution in [0.15, 0.2) is 100 Å². The second-order valence-electron chi connectivity index (χ2n) is 10.5. The molecule has 0 amide bonds. The molecule has 3 aromatic rings. The van der Waals surface area contributed by atoms with E-state index >= 15 is 8.42 Å². The van der Waals surface area contributed by atoms with Crippen molar-refractivity contribution in [1.29, 1.82) is 0 Å². The molecule has 1 heterocycles. The van der Waals surface area contributed by atoms with Crippen molar-refractivity contribution in [2.75, 3.05) is 7.11 Å². The van der Waals surface area contributed by atoms with E-state index in [0.29, 0.717) is 39.3 Å². The van der Waals surface area contributed by atoms with Gasteiger partial charge in [0.1, 0.15) is 35.1 Å². The fourth-order valence-corrected chi connectivity index (χ4v) is 7.78. The third-order valence-electron chi connectivity index (χ3n) is 7.79. The number of rotatable bonds is 10. The minimum atomic E-state index is -4.53. The summed E-state index contributed by atoms with van der Waals surface area (Å²) in [6, 6.07) is 22.9. The molecular formula is C34H33NO7S. The van der Waals surface area contributed by atoms with E-state index in [9.17, 15) is 15.0 Å². The zero-order chi connectivity index (χ0) is 30.9. The smallest absolute Gasteiger partial charge is 0.322 e. The fraction of sp³-hybridized carbons (Fsp3) is 0.206. The maximum absolute atomic E-state index is 15.1. The average Bonchev–Trinajstić information content (AvgIpc) is 3.46. The number of nitrogens with zero attached hydrogens (tertiary/aromatic N) is 1. The highest BCUT2D eigenvalue weighted by atomic mass is 32.2. The van der Waals surface area contributed by atoms with Crippen LogP contribution in [0.1, 0.15) is 39.6 Å². The number of fused-ring (bicyclic) bond motifs is 1. The third kappa shape index (κ3) is 5.74. The summed E-state index contributed by atoms with van der Waals surface area (Å²) in [5, 5.41) is 20.5. The largest absolute Gasteiger partial charge is 0.508 e. The zero-order valence-corrected chi connectivity index (χ0v) is 25.1.